The lowest BCUT2D eigenvalue weighted by atomic mass is 10.1. The molecule has 0 aliphatic carbocycles. The highest BCUT2D eigenvalue weighted by Crippen LogP contribution is 2.09. The SMILES string of the molecule is CCc1cccnc1Cn1c(C)n[nH]c1=S. The number of hydrogen-bond donors (Lipinski definition) is 1. The molecule has 0 spiro atoms. The number of aromatic amines is 1. The normalized spacial score (nSPS) is 10.6. The van der Waals surface area contributed by atoms with E-state index < -0.39 is 0 Å². The smallest absolute Gasteiger partial charge is 0.195 e. The summed E-state index contributed by atoms with van der Waals surface area (Å²) in [5.74, 6) is 0.887. The molecule has 5 heteroatoms. The first kappa shape index (κ1) is 11.0. The second kappa shape index (κ2) is 4.57. The molecule has 0 atom stereocenters. The van der Waals surface area contributed by atoms with Crippen LogP contribution in [0.25, 0.3) is 0 Å². The summed E-state index contributed by atoms with van der Waals surface area (Å²) in [6.07, 6.45) is 2.79. The van der Waals surface area contributed by atoms with Crippen molar-refractivity contribution in [3.8, 4) is 0 Å². The summed E-state index contributed by atoms with van der Waals surface area (Å²) < 4.78 is 2.60. The zero-order valence-electron chi connectivity index (χ0n) is 9.40. The average molecular weight is 234 g/mol. The van der Waals surface area contributed by atoms with Crippen LogP contribution in [0.4, 0.5) is 0 Å². The molecule has 0 amide bonds. The summed E-state index contributed by atoms with van der Waals surface area (Å²) in [5, 5.41) is 6.87. The lowest BCUT2D eigenvalue weighted by Crippen LogP contribution is -2.06. The van der Waals surface area contributed by atoms with Crippen molar-refractivity contribution in [2.24, 2.45) is 0 Å². The van der Waals surface area contributed by atoms with Crippen molar-refractivity contribution in [2.75, 3.05) is 0 Å². The largest absolute Gasteiger partial charge is 0.298 e. The average Bonchev–Trinajstić information content (AvgIpc) is 2.61. The summed E-state index contributed by atoms with van der Waals surface area (Å²) in [4.78, 5) is 4.40. The maximum absolute atomic E-state index is 5.17. The van der Waals surface area contributed by atoms with Crippen LogP contribution in [0, 0.1) is 11.7 Å². The van der Waals surface area contributed by atoms with Crippen molar-refractivity contribution < 1.29 is 0 Å². The van der Waals surface area contributed by atoms with E-state index in [2.05, 4.69) is 28.2 Å². The predicted octanol–water partition coefficient (Wildman–Crippen LogP) is 2.25. The first-order valence-electron chi connectivity index (χ1n) is 5.27. The van der Waals surface area contributed by atoms with Crippen LogP contribution >= 0.6 is 12.2 Å². The van der Waals surface area contributed by atoms with Crippen LogP contribution in [0.1, 0.15) is 24.0 Å². The molecule has 2 rings (SSSR count). The highest BCUT2D eigenvalue weighted by atomic mass is 32.1. The van der Waals surface area contributed by atoms with Crippen molar-refractivity contribution in [1.29, 1.82) is 0 Å². The molecule has 2 aromatic rings. The van der Waals surface area contributed by atoms with E-state index in [4.69, 9.17) is 12.2 Å². The van der Waals surface area contributed by atoms with Gasteiger partial charge in [-0.05, 0) is 37.2 Å². The zero-order valence-corrected chi connectivity index (χ0v) is 10.2. The van der Waals surface area contributed by atoms with E-state index in [0.717, 1.165) is 17.9 Å². The molecule has 1 N–H and O–H groups in total. The van der Waals surface area contributed by atoms with Gasteiger partial charge in [0.1, 0.15) is 5.82 Å². The fraction of sp³-hybridized carbons (Fsp3) is 0.364. The van der Waals surface area contributed by atoms with E-state index in [-0.39, 0.29) is 0 Å². The minimum absolute atomic E-state index is 0.644. The number of hydrogen-bond acceptors (Lipinski definition) is 3. The second-order valence-electron chi connectivity index (χ2n) is 3.62. The summed E-state index contributed by atoms with van der Waals surface area (Å²) in [5.41, 5.74) is 2.32. The first-order chi connectivity index (χ1) is 7.72. The monoisotopic (exact) mass is 234 g/mol. The molecule has 0 saturated carbocycles. The van der Waals surface area contributed by atoms with Crippen LogP contribution in [0.3, 0.4) is 0 Å². The summed E-state index contributed by atoms with van der Waals surface area (Å²) in [6.45, 7) is 4.74. The number of aryl methyl sites for hydroxylation is 2. The standard InChI is InChI=1S/C11H14N4S/c1-3-9-5-4-6-12-10(9)7-15-8(2)13-14-11(15)16/h4-6H,3,7H2,1-2H3,(H,14,16). The maximum Gasteiger partial charge on any atom is 0.195 e. The third-order valence-electron chi connectivity index (χ3n) is 2.62. The van der Waals surface area contributed by atoms with Crippen molar-refractivity contribution in [1.82, 2.24) is 19.7 Å². The second-order valence-corrected chi connectivity index (χ2v) is 4.01. The molecular formula is C11H14N4S. The van der Waals surface area contributed by atoms with Gasteiger partial charge in [-0.15, -0.1) is 0 Å². The summed E-state index contributed by atoms with van der Waals surface area (Å²) >= 11 is 5.17. The molecule has 16 heavy (non-hydrogen) atoms. The molecule has 4 nitrogen and oxygen atoms in total. The quantitative estimate of drug-likeness (QED) is 0.829. The molecule has 0 aliphatic rings. The van der Waals surface area contributed by atoms with Crippen LogP contribution in [0.2, 0.25) is 0 Å². The van der Waals surface area contributed by atoms with Gasteiger partial charge in [0.05, 0.1) is 12.2 Å². The topological polar surface area (TPSA) is 46.5 Å². The molecule has 84 valence electrons. The van der Waals surface area contributed by atoms with Crippen LogP contribution in [0.15, 0.2) is 18.3 Å². The Morgan fingerprint density at radius 1 is 1.50 bits per heavy atom. The molecule has 0 radical (unpaired) electrons. The Morgan fingerprint density at radius 2 is 2.31 bits per heavy atom. The molecule has 0 bridgehead atoms. The van der Waals surface area contributed by atoms with Crippen LogP contribution < -0.4 is 0 Å². The van der Waals surface area contributed by atoms with Gasteiger partial charge >= 0.3 is 0 Å². The Bertz CT molecular complexity index is 541. The number of nitrogens with zero attached hydrogens (tertiary/aromatic N) is 3. The van der Waals surface area contributed by atoms with Gasteiger partial charge in [-0.2, -0.15) is 5.10 Å². The number of rotatable bonds is 3. The predicted molar refractivity (Wildman–Crippen MR) is 64.9 cm³/mol. The molecule has 0 unspecified atom stereocenters. The Labute approximate surface area is 99.4 Å². The Kier molecular flexibility index (Phi) is 3.14. The molecule has 0 aromatic carbocycles. The molecule has 0 saturated heterocycles. The van der Waals surface area contributed by atoms with Gasteiger partial charge in [-0.25, -0.2) is 0 Å². The third kappa shape index (κ3) is 2.04. The lowest BCUT2D eigenvalue weighted by Gasteiger charge is -2.07. The van der Waals surface area contributed by atoms with E-state index in [1.165, 1.54) is 5.56 Å². The number of H-pyrrole nitrogens is 1. The Morgan fingerprint density at radius 3 is 2.94 bits per heavy atom. The van der Waals surface area contributed by atoms with Gasteiger partial charge in [0.15, 0.2) is 4.77 Å². The van der Waals surface area contributed by atoms with Gasteiger partial charge in [-0.3, -0.25) is 14.6 Å². The summed E-state index contributed by atoms with van der Waals surface area (Å²) in [7, 11) is 0. The zero-order chi connectivity index (χ0) is 11.5. The van der Waals surface area contributed by atoms with Crippen molar-refractivity contribution in [2.45, 2.75) is 26.8 Å². The first-order valence-corrected chi connectivity index (χ1v) is 5.67. The molecule has 0 aliphatic heterocycles. The van der Waals surface area contributed by atoms with E-state index in [0.29, 0.717) is 11.3 Å². The Hall–Kier alpha value is -1.49. The Balaban J connectivity index is 2.37. The van der Waals surface area contributed by atoms with Gasteiger partial charge in [-0.1, -0.05) is 13.0 Å². The molecule has 2 heterocycles. The van der Waals surface area contributed by atoms with Crippen molar-refractivity contribution in [3.63, 3.8) is 0 Å². The van der Waals surface area contributed by atoms with Crippen LogP contribution in [-0.2, 0) is 13.0 Å². The number of aromatic nitrogens is 4. The van der Waals surface area contributed by atoms with E-state index >= 15 is 0 Å². The van der Waals surface area contributed by atoms with Gasteiger partial charge in [0, 0.05) is 6.20 Å². The fourth-order valence-electron chi connectivity index (χ4n) is 1.67. The van der Waals surface area contributed by atoms with Crippen LogP contribution in [-0.4, -0.2) is 19.7 Å². The van der Waals surface area contributed by atoms with Gasteiger partial charge in [0.25, 0.3) is 0 Å². The lowest BCUT2D eigenvalue weighted by molar-refractivity contribution is 0.723. The molecular weight excluding hydrogens is 220 g/mol. The number of pyridine rings is 1. The highest BCUT2D eigenvalue weighted by molar-refractivity contribution is 7.71. The molecule has 0 fully saturated rings. The van der Waals surface area contributed by atoms with E-state index in [1.54, 1.807) is 0 Å². The minimum Gasteiger partial charge on any atom is -0.298 e. The van der Waals surface area contributed by atoms with Crippen molar-refractivity contribution >= 4 is 12.2 Å². The van der Waals surface area contributed by atoms with Crippen LogP contribution in [0.5, 0.6) is 0 Å². The van der Waals surface area contributed by atoms with Gasteiger partial charge in [0.2, 0.25) is 0 Å². The van der Waals surface area contributed by atoms with Gasteiger partial charge < -0.3 is 0 Å². The van der Waals surface area contributed by atoms with E-state index in [1.807, 2.05) is 23.8 Å². The third-order valence-corrected chi connectivity index (χ3v) is 2.93. The highest BCUT2D eigenvalue weighted by Gasteiger charge is 2.06. The van der Waals surface area contributed by atoms with E-state index in [9.17, 15) is 0 Å². The summed E-state index contributed by atoms with van der Waals surface area (Å²) in [6, 6.07) is 4.06. The van der Waals surface area contributed by atoms with Crippen molar-refractivity contribution in [3.05, 3.63) is 40.2 Å². The molecule has 2 aromatic heterocycles. The minimum atomic E-state index is 0.644. The number of nitrogens with one attached hydrogen (secondary N) is 1. The fourth-order valence-corrected chi connectivity index (χ4v) is 1.91. The maximum atomic E-state index is 5.17.